The maximum atomic E-state index is 11.0. The van der Waals surface area contributed by atoms with Gasteiger partial charge in [0.15, 0.2) is 0 Å². The molecule has 0 aliphatic heterocycles. The van der Waals surface area contributed by atoms with Crippen molar-refractivity contribution >= 4 is 17.9 Å². The highest BCUT2D eigenvalue weighted by molar-refractivity contribution is 7.89. The monoisotopic (exact) mass is 211 g/mol. The van der Waals surface area contributed by atoms with E-state index < -0.39 is 10.0 Å². The van der Waals surface area contributed by atoms with Crippen molar-refractivity contribution in [2.24, 2.45) is 5.14 Å². The van der Waals surface area contributed by atoms with Crippen LogP contribution in [0.15, 0.2) is 29.2 Å². The van der Waals surface area contributed by atoms with Gasteiger partial charge in [-0.05, 0) is 17.9 Å². The fourth-order valence-corrected chi connectivity index (χ4v) is 1.74. The quantitative estimate of drug-likeness (QED) is 0.736. The van der Waals surface area contributed by atoms with Gasteiger partial charge in [0.1, 0.15) is 7.85 Å². The van der Waals surface area contributed by atoms with Crippen LogP contribution in [0.5, 0.6) is 0 Å². The molecular weight excluding hydrogens is 197 g/mol. The molecule has 14 heavy (non-hydrogen) atoms. The Hall–Kier alpha value is -0.805. The smallest absolute Gasteiger partial charge is 0.225 e. The number of sulfonamides is 1. The third kappa shape index (κ3) is 2.59. The summed E-state index contributed by atoms with van der Waals surface area (Å²) in [5, 5.41) is 4.99. The largest absolute Gasteiger partial charge is 0.238 e. The Bertz CT molecular complexity index is 399. The fraction of sp³-hybridized carbons (Fsp3) is 0.333. The van der Waals surface area contributed by atoms with Crippen molar-refractivity contribution in [1.29, 1.82) is 0 Å². The maximum Gasteiger partial charge on any atom is 0.238 e. The van der Waals surface area contributed by atoms with E-state index in [-0.39, 0.29) is 4.90 Å². The Morgan fingerprint density at radius 2 is 1.86 bits per heavy atom. The lowest BCUT2D eigenvalue weighted by atomic mass is 9.79. The van der Waals surface area contributed by atoms with Crippen molar-refractivity contribution in [1.82, 2.24) is 0 Å². The van der Waals surface area contributed by atoms with Crippen LogP contribution in [0.25, 0.3) is 0 Å². The molecule has 1 unspecified atom stereocenters. The molecule has 1 rings (SSSR count). The number of hydrogen-bond acceptors (Lipinski definition) is 2. The first-order valence-corrected chi connectivity index (χ1v) is 6.12. The van der Waals surface area contributed by atoms with Crippen LogP contribution in [0.3, 0.4) is 0 Å². The minimum Gasteiger partial charge on any atom is -0.225 e. The number of nitrogens with two attached hydrogens (primary N) is 1. The first kappa shape index (κ1) is 11.3. The summed E-state index contributed by atoms with van der Waals surface area (Å²) in [6.07, 6.45) is 1.04. The SMILES string of the molecule is BC(CC)c1ccc(S(N)(=O)=O)cc1. The van der Waals surface area contributed by atoms with E-state index in [0.717, 1.165) is 12.0 Å². The van der Waals surface area contributed by atoms with Crippen LogP contribution in [-0.2, 0) is 10.0 Å². The van der Waals surface area contributed by atoms with Crippen LogP contribution in [0, 0.1) is 0 Å². The van der Waals surface area contributed by atoms with Crippen molar-refractivity contribution < 1.29 is 8.42 Å². The molecule has 2 N–H and O–H groups in total. The molecule has 0 heterocycles. The number of benzene rings is 1. The zero-order valence-corrected chi connectivity index (χ0v) is 9.21. The van der Waals surface area contributed by atoms with E-state index in [1.807, 2.05) is 12.1 Å². The molecule has 0 amide bonds. The van der Waals surface area contributed by atoms with Gasteiger partial charge in [-0.15, -0.1) is 0 Å². The molecule has 0 saturated heterocycles. The first-order chi connectivity index (χ1) is 6.45. The molecule has 0 aliphatic carbocycles. The van der Waals surface area contributed by atoms with E-state index in [1.54, 1.807) is 12.1 Å². The number of rotatable bonds is 3. The fourth-order valence-electron chi connectivity index (χ4n) is 1.22. The first-order valence-electron chi connectivity index (χ1n) is 4.58. The molecule has 0 saturated carbocycles. The summed E-state index contributed by atoms with van der Waals surface area (Å²) < 4.78 is 21.9. The molecule has 1 aromatic rings. The Labute approximate surface area is 85.8 Å². The highest BCUT2D eigenvalue weighted by Gasteiger charge is 2.08. The van der Waals surface area contributed by atoms with Gasteiger partial charge in [0.05, 0.1) is 4.90 Å². The third-order valence-corrected chi connectivity index (χ3v) is 3.32. The normalized spacial score (nSPS) is 13.9. The summed E-state index contributed by atoms with van der Waals surface area (Å²) in [6.45, 7) is 2.10. The Balaban J connectivity index is 3.01. The molecular formula is C9H14BNO2S. The number of hydrogen-bond donors (Lipinski definition) is 1. The van der Waals surface area contributed by atoms with Gasteiger partial charge in [0.25, 0.3) is 0 Å². The van der Waals surface area contributed by atoms with Gasteiger partial charge in [-0.25, -0.2) is 13.6 Å². The van der Waals surface area contributed by atoms with Gasteiger partial charge in [-0.2, -0.15) is 0 Å². The molecule has 1 atom stereocenters. The van der Waals surface area contributed by atoms with Gasteiger partial charge in [0.2, 0.25) is 10.0 Å². The van der Waals surface area contributed by atoms with E-state index in [4.69, 9.17) is 5.14 Å². The summed E-state index contributed by atoms with van der Waals surface area (Å²) >= 11 is 0. The molecule has 0 spiro atoms. The lowest BCUT2D eigenvalue weighted by molar-refractivity contribution is 0.597. The average molecular weight is 211 g/mol. The van der Waals surface area contributed by atoms with Crippen LogP contribution in [0.1, 0.15) is 24.7 Å². The summed E-state index contributed by atoms with van der Waals surface area (Å²) in [4.78, 5) is 0.171. The van der Waals surface area contributed by atoms with Crippen LogP contribution < -0.4 is 5.14 Å². The topological polar surface area (TPSA) is 60.2 Å². The zero-order valence-electron chi connectivity index (χ0n) is 8.40. The lowest BCUT2D eigenvalue weighted by Gasteiger charge is -2.08. The van der Waals surface area contributed by atoms with Crippen molar-refractivity contribution in [3.8, 4) is 0 Å². The van der Waals surface area contributed by atoms with Crippen molar-refractivity contribution in [3.05, 3.63) is 29.8 Å². The van der Waals surface area contributed by atoms with Gasteiger partial charge < -0.3 is 0 Å². The van der Waals surface area contributed by atoms with Gasteiger partial charge in [-0.1, -0.05) is 31.0 Å². The molecule has 0 aromatic heterocycles. The van der Waals surface area contributed by atoms with Crippen LogP contribution in [0.4, 0.5) is 0 Å². The van der Waals surface area contributed by atoms with Gasteiger partial charge in [-0.3, -0.25) is 0 Å². The predicted octanol–water partition coefficient (Wildman–Crippen LogP) is 0.418. The zero-order chi connectivity index (χ0) is 10.8. The lowest BCUT2D eigenvalue weighted by Crippen LogP contribution is -2.12. The summed E-state index contributed by atoms with van der Waals surface area (Å²) in [7, 11) is -1.45. The minimum atomic E-state index is -3.55. The van der Waals surface area contributed by atoms with Gasteiger partial charge >= 0.3 is 0 Å². The minimum absolute atomic E-state index is 0.171. The molecule has 3 nitrogen and oxygen atoms in total. The standard InChI is InChI=1S/C9H14BNO2S/c1-2-9(10)7-3-5-8(6-4-7)14(11,12)13/h3-6,9H,2,10H2,1H3,(H2,11,12,13). The Kier molecular flexibility index (Phi) is 3.34. The molecule has 0 bridgehead atoms. The molecule has 0 aliphatic rings. The maximum absolute atomic E-state index is 11.0. The molecule has 76 valence electrons. The highest BCUT2D eigenvalue weighted by Crippen LogP contribution is 2.17. The Morgan fingerprint density at radius 1 is 1.36 bits per heavy atom. The summed E-state index contributed by atoms with van der Waals surface area (Å²) in [6, 6.07) is 6.73. The molecule has 0 fully saturated rings. The molecule has 0 radical (unpaired) electrons. The second-order valence-electron chi connectivity index (χ2n) is 3.42. The van der Waals surface area contributed by atoms with E-state index in [9.17, 15) is 8.42 Å². The van der Waals surface area contributed by atoms with Crippen LogP contribution >= 0.6 is 0 Å². The average Bonchev–Trinajstić information content (AvgIpc) is 2.15. The predicted molar refractivity (Wildman–Crippen MR) is 59.4 cm³/mol. The van der Waals surface area contributed by atoms with E-state index in [2.05, 4.69) is 14.8 Å². The van der Waals surface area contributed by atoms with Crippen molar-refractivity contribution in [3.63, 3.8) is 0 Å². The highest BCUT2D eigenvalue weighted by atomic mass is 32.2. The summed E-state index contributed by atoms with van der Waals surface area (Å²) in [5.41, 5.74) is 1.14. The van der Waals surface area contributed by atoms with Crippen LogP contribution in [-0.4, -0.2) is 16.3 Å². The Morgan fingerprint density at radius 3 is 2.21 bits per heavy atom. The second kappa shape index (κ2) is 4.15. The second-order valence-corrected chi connectivity index (χ2v) is 4.98. The third-order valence-electron chi connectivity index (χ3n) is 2.39. The van der Waals surface area contributed by atoms with E-state index in [1.165, 1.54) is 0 Å². The molecule has 5 heteroatoms. The summed E-state index contributed by atoms with van der Waals surface area (Å²) in [5.74, 6) is 0.449. The molecule has 1 aromatic carbocycles. The van der Waals surface area contributed by atoms with Crippen LogP contribution in [0.2, 0.25) is 0 Å². The number of primary sulfonamides is 1. The van der Waals surface area contributed by atoms with Crippen molar-refractivity contribution in [2.75, 3.05) is 0 Å². The van der Waals surface area contributed by atoms with Gasteiger partial charge in [0, 0.05) is 0 Å². The van der Waals surface area contributed by atoms with Crippen molar-refractivity contribution in [2.45, 2.75) is 24.1 Å². The van der Waals surface area contributed by atoms with E-state index >= 15 is 0 Å². The van der Waals surface area contributed by atoms with E-state index in [0.29, 0.717) is 5.82 Å².